The Hall–Kier alpha value is -1.59. The molecule has 0 atom stereocenters. The Kier molecular flexibility index (Phi) is 3.84. The van der Waals surface area contributed by atoms with Crippen LogP contribution in [0.15, 0.2) is 41.0 Å². The number of aromatic nitrogens is 1. The van der Waals surface area contributed by atoms with E-state index in [9.17, 15) is 4.79 Å². The van der Waals surface area contributed by atoms with Crippen LogP contribution in [0.2, 0.25) is 5.02 Å². The van der Waals surface area contributed by atoms with Crippen molar-refractivity contribution < 1.29 is 14.6 Å². The van der Waals surface area contributed by atoms with Crippen LogP contribution in [0.4, 0.5) is 0 Å². The molecule has 0 unspecified atom stereocenters. The molecule has 0 radical (unpaired) electrons. The normalized spacial score (nSPS) is 10.1. The highest BCUT2D eigenvalue weighted by molar-refractivity contribution is 9.10. The van der Waals surface area contributed by atoms with Gasteiger partial charge in [0.05, 0.1) is 5.02 Å². The first kappa shape index (κ1) is 12.9. The third-order valence-electron chi connectivity index (χ3n) is 2.10. The molecule has 1 N–H and O–H groups in total. The lowest BCUT2D eigenvalue weighted by Gasteiger charge is -2.08. The van der Waals surface area contributed by atoms with Gasteiger partial charge in [-0.15, -0.1) is 0 Å². The fourth-order valence-electron chi connectivity index (χ4n) is 1.29. The number of carbonyl (C=O) groups is 1. The minimum absolute atomic E-state index is 0.00463. The Labute approximate surface area is 116 Å². The Bertz CT molecular complexity index is 604. The van der Waals surface area contributed by atoms with Crippen molar-refractivity contribution in [1.82, 2.24) is 4.98 Å². The third kappa shape index (κ3) is 2.80. The van der Waals surface area contributed by atoms with Gasteiger partial charge < -0.3 is 9.84 Å². The van der Waals surface area contributed by atoms with Crippen molar-refractivity contribution in [2.75, 3.05) is 0 Å². The van der Waals surface area contributed by atoms with Gasteiger partial charge >= 0.3 is 5.97 Å². The van der Waals surface area contributed by atoms with Crippen molar-refractivity contribution in [2.45, 2.75) is 0 Å². The van der Waals surface area contributed by atoms with Crippen LogP contribution in [-0.2, 0) is 0 Å². The first-order chi connectivity index (χ1) is 8.58. The van der Waals surface area contributed by atoms with Crippen LogP contribution in [0.25, 0.3) is 0 Å². The summed E-state index contributed by atoms with van der Waals surface area (Å²) in [6, 6.07) is 7.98. The van der Waals surface area contributed by atoms with Crippen LogP contribution in [0.1, 0.15) is 10.4 Å². The van der Waals surface area contributed by atoms with E-state index < -0.39 is 5.97 Å². The summed E-state index contributed by atoms with van der Waals surface area (Å²) >= 11 is 9.24. The zero-order valence-electron chi connectivity index (χ0n) is 8.93. The van der Waals surface area contributed by atoms with E-state index in [0.717, 1.165) is 4.47 Å². The maximum atomic E-state index is 11.0. The van der Waals surface area contributed by atoms with E-state index in [-0.39, 0.29) is 11.4 Å². The first-order valence-electron chi connectivity index (χ1n) is 4.89. The predicted molar refractivity (Wildman–Crippen MR) is 70.4 cm³/mol. The number of hydrogen-bond acceptors (Lipinski definition) is 3. The average molecular weight is 329 g/mol. The van der Waals surface area contributed by atoms with Crippen molar-refractivity contribution >= 4 is 33.5 Å². The summed E-state index contributed by atoms with van der Waals surface area (Å²) in [5, 5.41) is 9.38. The number of nitrogens with zero attached hydrogens (tertiary/aromatic N) is 1. The van der Waals surface area contributed by atoms with Crippen LogP contribution in [0.5, 0.6) is 11.6 Å². The SMILES string of the molecule is O=C(O)c1cccnc1Oc1cc(Br)ccc1Cl. The Morgan fingerprint density at radius 3 is 2.89 bits per heavy atom. The molecule has 4 nitrogen and oxygen atoms in total. The average Bonchev–Trinajstić information content (AvgIpc) is 2.34. The molecule has 0 aliphatic heterocycles. The third-order valence-corrected chi connectivity index (χ3v) is 2.91. The predicted octanol–water partition coefficient (Wildman–Crippen LogP) is 3.99. The Balaban J connectivity index is 2.40. The van der Waals surface area contributed by atoms with E-state index >= 15 is 0 Å². The summed E-state index contributed by atoms with van der Waals surface area (Å²) in [4.78, 5) is 14.9. The van der Waals surface area contributed by atoms with Gasteiger partial charge in [-0.25, -0.2) is 9.78 Å². The van der Waals surface area contributed by atoms with Crippen LogP contribution in [0.3, 0.4) is 0 Å². The van der Waals surface area contributed by atoms with Gasteiger partial charge in [0, 0.05) is 10.7 Å². The van der Waals surface area contributed by atoms with E-state index in [0.29, 0.717) is 10.8 Å². The Morgan fingerprint density at radius 2 is 2.17 bits per heavy atom. The van der Waals surface area contributed by atoms with Crippen molar-refractivity contribution in [3.05, 3.63) is 51.6 Å². The summed E-state index contributed by atoms with van der Waals surface area (Å²) in [6.07, 6.45) is 1.45. The molecule has 18 heavy (non-hydrogen) atoms. The molecule has 2 rings (SSSR count). The Morgan fingerprint density at radius 1 is 1.39 bits per heavy atom. The molecule has 0 aliphatic rings. The van der Waals surface area contributed by atoms with Gasteiger partial charge in [0.2, 0.25) is 5.88 Å². The van der Waals surface area contributed by atoms with Crippen molar-refractivity contribution in [3.8, 4) is 11.6 Å². The molecule has 6 heteroatoms. The molecule has 0 saturated carbocycles. The molecule has 92 valence electrons. The standard InChI is InChI=1S/C12H7BrClNO3/c13-7-3-4-9(14)10(6-7)18-11-8(12(16)17)2-1-5-15-11/h1-6H,(H,16,17). The number of aromatic carboxylic acids is 1. The maximum absolute atomic E-state index is 11.0. The molecular formula is C12H7BrClNO3. The van der Waals surface area contributed by atoms with Gasteiger partial charge in [-0.05, 0) is 30.3 Å². The molecule has 0 saturated heterocycles. The molecular weight excluding hydrogens is 321 g/mol. The van der Waals surface area contributed by atoms with Gasteiger partial charge in [0.1, 0.15) is 11.3 Å². The topological polar surface area (TPSA) is 59.4 Å². The monoisotopic (exact) mass is 327 g/mol. The second kappa shape index (κ2) is 5.37. The van der Waals surface area contributed by atoms with Crippen LogP contribution in [-0.4, -0.2) is 16.1 Å². The quantitative estimate of drug-likeness (QED) is 0.925. The molecule has 0 aliphatic carbocycles. The minimum Gasteiger partial charge on any atom is -0.477 e. The second-order valence-electron chi connectivity index (χ2n) is 3.34. The highest BCUT2D eigenvalue weighted by Gasteiger charge is 2.14. The summed E-state index contributed by atoms with van der Waals surface area (Å²) in [6.45, 7) is 0. The smallest absolute Gasteiger partial charge is 0.341 e. The van der Waals surface area contributed by atoms with Crippen LogP contribution >= 0.6 is 27.5 Å². The fourth-order valence-corrected chi connectivity index (χ4v) is 1.79. The first-order valence-corrected chi connectivity index (χ1v) is 6.06. The molecule has 1 heterocycles. The highest BCUT2D eigenvalue weighted by atomic mass is 79.9. The van der Waals surface area contributed by atoms with E-state index in [1.165, 1.54) is 18.3 Å². The highest BCUT2D eigenvalue weighted by Crippen LogP contribution is 2.32. The minimum atomic E-state index is -1.11. The van der Waals surface area contributed by atoms with Gasteiger partial charge in [0.25, 0.3) is 0 Å². The number of rotatable bonds is 3. The van der Waals surface area contributed by atoms with Crippen LogP contribution in [0, 0.1) is 0 Å². The number of carboxylic acid groups (broad SMARTS) is 1. The molecule has 0 fully saturated rings. The summed E-state index contributed by atoms with van der Waals surface area (Å²) in [5.41, 5.74) is -0.0199. The lowest BCUT2D eigenvalue weighted by atomic mass is 10.3. The van der Waals surface area contributed by atoms with E-state index in [1.54, 1.807) is 18.2 Å². The number of ether oxygens (including phenoxy) is 1. The largest absolute Gasteiger partial charge is 0.477 e. The lowest BCUT2D eigenvalue weighted by Crippen LogP contribution is -2.01. The summed E-state index contributed by atoms with van der Waals surface area (Å²) < 4.78 is 6.20. The number of pyridine rings is 1. The van der Waals surface area contributed by atoms with Gasteiger partial charge in [-0.1, -0.05) is 27.5 Å². The molecule has 1 aromatic carbocycles. The van der Waals surface area contributed by atoms with Gasteiger partial charge in [-0.3, -0.25) is 0 Å². The van der Waals surface area contributed by atoms with Gasteiger partial charge in [0.15, 0.2) is 0 Å². The molecule has 0 amide bonds. The summed E-state index contributed by atoms with van der Waals surface area (Å²) in [7, 11) is 0. The number of benzene rings is 1. The van der Waals surface area contributed by atoms with Crippen molar-refractivity contribution in [2.24, 2.45) is 0 Å². The zero-order valence-corrected chi connectivity index (χ0v) is 11.3. The summed E-state index contributed by atoms with van der Waals surface area (Å²) in [5.74, 6) is -0.763. The molecule has 0 spiro atoms. The fraction of sp³-hybridized carbons (Fsp3) is 0. The number of carboxylic acids is 1. The van der Waals surface area contributed by atoms with Gasteiger partial charge in [-0.2, -0.15) is 0 Å². The molecule has 0 bridgehead atoms. The van der Waals surface area contributed by atoms with Crippen LogP contribution < -0.4 is 4.74 Å². The van der Waals surface area contributed by atoms with E-state index in [1.807, 2.05) is 0 Å². The van der Waals surface area contributed by atoms with Crippen molar-refractivity contribution in [3.63, 3.8) is 0 Å². The van der Waals surface area contributed by atoms with E-state index in [4.69, 9.17) is 21.4 Å². The van der Waals surface area contributed by atoms with Crippen molar-refractivity contribution in [1.29, 1.82) is 0 Å². The number of hydrogen-bond donors (Lipinski definition) is 1. The molecule has 1 aromatic heterocycles. The number of halogens is 2. The lowest BCUT2D eigenvalue weighted by molar-refractivity contribution is 0.0693. The zero-order chi connectivity index (χ0) is 13.1. The van der Waals surface area contributed by atoms with E-state index in [2.05, 4.69) is 20.9 Å². The second-order valence-corrected chi connectivity index (χ2v) is 4.66. The maximum Gasteiger partial charge on any atom is 0.341 e. The molecule has 2 aromatic rings.